The zero-order chi connectivity index (χ0) is 14.8. The van der Waals surface area contributed by atoms with Gasteiger partial charge in [-0.15, -0.1) is 0 Å². The fourth-order valence-electron chi connectivity index (χ4n) is 2.63. The zero-order valence-electron chi connectivity index (χ0n) is 11.8. The molecule has 3 nitrogen and oxygen atoms in total. The molecule has 0 aliphatic carbocycles. The summed E-state index contributed by atoms with van der Waals surface area (Å²) >= 11 is 0. The second kappa shape index (κ2) is 5.74. The molecule has 0 radical (unpaired) electrons. The van der Waals surface area contributed by atoms with Crippen molar-refractivity contribution in [3.05, 3.63) is 59.4 Å². The van der Waals surface area contributed by atoms with Crippen molar-refractivity contribution in [3.63, 3.8) is 0 Å². The molecule has 0 bridgehead atoms. The number of hydrogen-bond acceptors (Lipinski definition) is 3. The molecule has 3 rings (SSSR count). The van der Waals surface area contributed by atoms with Crippen LogP contribution >= 0.6 is 0 Å². The Balaban J connectivity index is 1.68. The molecule has 0 aromatic heterocycles. The van der Waals surface area contributed by atoms with E-state index in [1.54, 1.807) is 12.1 Å². The third kappa shape index (κ3) is 2.85. The van der Waals surface area contributed by atoms with Crippen LogP contribution in [0.25, 0.3) is 0 Å². The molecular weight excluding hydrogens is 271 g/mol. The topological polar surface area (TPSA) is 38.7 Å². The maximum Gasteiger partial charge on any atom is 0.165 e. The van der Waals surface area contributed by atoms with Crippen LogP contribution in [0.3, 0.4) is 0 Å². The molecular formula is C17H17FO3. The zero-order valence-corrected chi connectivity index (χ0v) is 11.8. The Morgan fingerprint density at radius 3 is 2.86 bits per heavy atom. The number of hydrogen-bond donors (Lipinski definition) is 1. The normalized spacial score (nSPS) is 18.0. The van der Waals surface area contributed by atoms with Crippen LogP contribution in [0.1, 0.15) is 11.1 Å². The van der Waals surface area contributed by atoms with Crippen molar-refractivity contribution in [3.8, 4) is 11.5 Å². The lowest BCUT2D eigenvalue weighted by Gasteiger charge is -2.18. The first-order chi connectivity index (χ1) is 10.2. The fraction of sp³-hybridized carbons (Fsp3) is 0.294. The predicted molar refractivity (Wildman–Crippen MR) is 77.2 cm³/mol. The van der Waals surface area contributed by atoms with Gasteiger partial charge in [-0.3, -0.25) is 0 Å². The van der Waals surface area contributed by atoms with Crippen LogP contribution in [0, 0.1) is 5.82 Å². The molecule has 110 valence electrons. The summed E-state index contributed by atoms with van der Waals surface area (Å²) in [6.45, 7) is 0. The van der Waals surface area contributed by atoms with Gasteiger partial charge in [-0.25, -0.2) is 4.39 Å². The molecule has 2 aromatic rings. The Morgan fingerprint density at radius 1 is 1.33 bits per heavy atom. The highest BCUT2D eigenvalue weighted by molar-refractivity contribution is 5.38. The highest BCUT2D eigenvalue weighted by Gasteiger charge is 2.29. The van der Waals surface area contributed by atoms with Crippen LogP contribution in [-0.4, -0.2) is 24.4 Å². The van der Waals surface area contributed by atoms with Crippen molar-refractivity contribution >= 4 is 0 Å². The van der Waals surface area contributed by atoms with Crippen LogP contribution < -0.4 is 9.47 Å². The Bertz CT molecular complexity index is 617. The molecule has 2 aromatic carbocycles. The maximum atomic E-state index is 13.7. The van der Waals surface area contributed by atoms with Gasteiger partial charge in [0.15, 0.2) is 11.6 Å². The number of para-hydroxylation sites is 1. The monoisotopic (exact) mass is 288 g/mol. The molecule has 0 fully saturated rings. The van der Waals surface area contributed by atoms with Gasteiger partial charge in [0.25, 0.3) is 0 Å². The number of methoxy groups -OCH3 is 1. The summed E-state index contributed by atoms with van der Waals surface area (Å²) in [6, 6.07) is 12.5. The molecule has 1 aliphatic heterocycles. The molecule has 1 heterocycles. The fourth-order valence-corrected chi connectivity index (χ4v) is 2.63. The first kappa shape index (κ1) is 13.9. The minimum atomic E-state index is -0.676. The van der Waals surface area contributed by atoms with Gasteiger partial charge in [0.05, 0.1) is 13.2 Å². The van der Waals surface area contributed by atoms with Crippen molar-refractivity contribution in [1.29, 1.82) is 0 Å². The van der Waals surface area contributed by atoms with E-state index in [0.717, 1.165) is 16.9 Å². The summed E-state index contributed by atoms with van der Waals surface area (Å²) in [5.41, 5.74) is 1.82. The van der Waals surface area contributed by atoms with Crippen LogP contribution in [0.5, 0.6) is 11.5 Å². The van der Waals surface area contributed by atoms with E-state index in [9.17, 15) is 9.50 Å². The van der Waals surface area contributed by atoms with Gasteiger partial charge in [0, 0.05) is 12.8 Å². The lowest BCUT2D eigenvalue weighted by molar-refractivity contribution is 0.0502. The maximum absolute atomic E-state index is 13.7. The number of aliphatic hydroxyl groups excluding tert-OH is 1. The molecule has 4 heteroatoms. The Hall–Kier alpha value is -2.07. The SMILES string of the molecule is COc1ccc(CC(O)C2Cc3ccccc3O2)cc1F. The van der Waals surface area contributed by atoms with Crippen LogP contribution in [0.2, 0.25) is 0 Å². The Labute approximate surface area is 122 Å². The first-order valence-electron chi connectivity index (χ1n) is 6.92. The van der Waals surface area contributed by atoms with Gasteiger partial charge in [-0.2, -0.15) is 0 Å². The Morgan fingerprint density at radius 2 is 2.14 bits per heavy atom. The number of benzene rings is 2. The number of halogens is 1. The van der Waals surface area contributed by atoms with E-state index in [2.05, 4.69) is 0 Å². The van der Waals surface area contributed by atoms with Crippen molar-refractivity contribution in [2.24, 2.45) is 0 Å². The summed E-state index contributed by atoms with van der Waals surface area (Å²) in [6.07, 6.45) is 0.0630. The molecule has 0 amide bonds. The van der Waals surface area contributed by atoms with E-state index in [0.29, 0.717) is 12.8 Å². The highest BCUT2D eigenvalue weighted by atomic mass is 19.1. The summed E-state index contributed by atoms with van der Waals surface area (Å²) in [7, 11) is 1.43. The van der Waals surface area contributed by atoms with Crippen molar-refractivity contribution in [2.75, 3.05) is 7.11 Å². The number of aliphatic hydroxyl groups is 1. The van der Waals surface area contributed by atoms with Crippen LogP contribution in [0.4, 0.5) is 4.39 Å². The first-order valence-corrected chi connectivity index (χ1v) is 6.92. The standard InChI is InChI=1S/C17H17FO3/c1-20-16-7-6-11(8-13(16)18)9-14(19)17-10-12-4-2-3-5-15(12)21-17/h2-8,14,17,19H,9-10H2,1H3. The third-order valence-electron chi connectivity index (χ3n) is 3.76. The van der Waals surface area contributed by atoms with Gasteiger partial charge in [0.1, 0.15) is 11.9 Å². The molecule has 21 heavy (non-hydrogen) atoms. The van der Waals surface area contributed by atoms with Crippen molar-refractivity contribution in [2.45, 2.75) is 25.0 Å². The van der Waals surface area contributed by atoms with E-state index in [1.807, 2.05) is 24.3 Å². The lowest BCUT2D eigenvalue weighted by atomic mass is 10.00. The Kier molecular flexibility index (Phi) is 3.80. The molecule has 0 saturated heterocycles. The average Bonchev–Trinajstić information content (AvgIpc) is 2.91. The van der Waals surface area contributed by atoms with Crippen LogP contribution in [-0.2, 0) is 12.8 Å². The minimum absolute atomic E-state index is 0.206. The minimum Gasteiger partial charge on any atom is -0.494 e. The molecule has 0 spiro atoms. The van der Waals surface area contributed by atoms with E-state index >= 15 is 0 Å². The largest absolute Gasteiger partial charge is 0.494 e. The van der Waals surface area contributed by atoms with Gasteiger partial charge in [-0.1, -0.05) is 24.3 Å². The van der Waals surface area contributed by atoms with E-state index < -0.39 is 11.9 Å². The molecule has 1 aliphatic rings. The van der Waals surface area contributed by atoms with Gasteiger partial charge in [0.2, 0.25) is 0 Å². The average molecular weight is 288 g/mol. The van der Waals surface area contributed by atoms with Gasteiger partial charge < -0.3 is 14.6 Å². The van der Waals surface area contributed by atoms with Gasteiger partial charge in [-0.05, 0) is 29.3 Å². The van der Waals surface area contributed by atoms with E-state index in [-0.39, 0.29) is 11.9 Å². The van der Waals surface area contributed by atoms with E-state index in [4.69, 9.17) is 9.47 Å². The van der Waals surface area contributed by atoms with Crippen molar-refractivity contribution < 1.29 is 19.0 Å². The summed E-state index contributed by atoms with van der Waals surface area (Å²) in [4.78, 5) is 0. The second-order valence-electron chi connectivity index (χ2n) is 5.21. The number of ether oxygens (including phenoxy) is 2. The molecule has 2 unspecified atom stereocenters. The summed E-state index contributed by atoms with van der Waals surface area (Å²) in [5.74, 6) is 0.609. The molecule has 2 atom stereocenters. The smallest absolute Gasteiger partial charge is 0.165 e. The predicted octanol–water partition coefficient (Wildman–Crippen LogP) is 2.74. The molecule has 0 saturated carbocycles. The van der Waals surface area contributed by atoms with Crippen molar-refractivity contribution in [1.82, 2.24) is 0 Å². The molecule has 1 N–H and O–H groups in total. The van der Waals surface area contributed by atoms with Gasteiger partial charge >= 0.3 is 0 Å². The van der Waals surface area contributed by atoms with Crippen LogP contribution in [0.15, 0.2) is 42.5 Å². The van der Waals surface area contributed by atoms with E-state index in [1.165, 1.54) is 13.2 Å². The third-order valence-corrected chi connectivity index (χ3v) is 3.76. The summed E-state index contributed by atoms with van der Waals surface area (Å²) < 4.78 is 24.3. The summed E-state index contributed by atoms with van der Waals surface area (Å²) in [5, 5.41) is 10.3. The highest BCUT2D eigenvalue weighted by Crippen LogP contribution is 2.30. The number of fused-ring (bicyclic) bond motifs is 1. The quantitative estimate of drug-likeness (QED) is 0.940. The second-order valence-corrected chi connectivity index (χ2v) is 5.21. The lowest BCUT2D eigenvalue weighted by Crippen LogP contribution is -2.32. The number of rotatable bonds is 4.